The number of thioether (sulfide) groups is 2. The molecular weight excluding hydrogens is 236 g/mol. The molecule has 1 aliphatic rings. The van der Waals surface area contributed by atoms with E-state index in [-0.39, 0.29) is 5.12 Å². The number of carbonyl (C=O) groups excluding carboxylic acids is 1. The van der Waals surface area contributed by atoms with Gasteiger partial charge in [-0.2, -0.15) is 11.8 Å². The topological polar surface area (TPSA) is 17.1 Å². The summed E-state index contributed by atoms with van der Waals surface area (Å²) in [4.78, 5) is 11.6. The van der Waals surface area contributed by atoms with Gasteiger partial charge in [0.2, 0.25) is 5.12 Å². The molecule has 4 heteroatoms. The lowest BCUT2D eigenvalue weighted by Gasteiger charge is -1.99. The molecule has 1 nitrogen and oxygen atoms in total. The number of rotatable bonds is 3. The van der Waals surface area contributed by atoms with Crippen LogP contribution in [-0.2, 0) is 0 Å². The Labute approximate surface area is 96.6 Å². The molecule has 1 fully saturated rings. The van der Waals surface area contributed by atoms with Gasteiger partial charge in [0.15, 0.2) is 0 Å². The number of halogens is 1. The van der Waals surface area contributed by atoms with Crippen LogP contribution in [0.25, 0.3) is 0 Å². The summed E-state index contributed by atoms with van der Waals surface area (Å²) in [5.41, 5.74) is 0.741. The SMILES string of the molecule is O=C(SCC1CS1)c1ccc(Cl)cc1. The minimum atomic E-state index is 0.147. The molecule has 1 aromatic carbocycles. The predicted molar refractivity (Wildman–Crippen MR) is 64.5 cm³/mol. The first kappa shape index (κ1) is 10.4. The normalized spacial score (nSPS) is 19.4. The maximum atomic E-state index is 11.6. The van der Waals surface area contributed by atoms with E-state index < -0.39 is 0 Å². The minimum Gasteiger partial charge on any atom is -0.282 e. The van der Waals surface area contributed by atoms with Gasteiger partial charge in [0, 0.05) is 27.3 Å². The van der Waals surface area contributed by atoms with Crippen molar-refractivity contribution < 1.29 is 4.79 Å². The summed E-state index contributed by atoms with van der Waals surface area (Å²) < 4.78 is 0. The molecule has 1 aliphatic heterocycles. The van der Waals surface area contributed by atoms with Crippen molar-refractivity contribution in [3.8, 4) is 0 Å². The van der Waals surface area contributed by atoms with Crippen molar-refractivity contribution in [3.63, 3.8) is 0 Å². The van der Waals surface area contributed by atoms with Crippen molar-refractivity contribution in [2.75, 3.05) is 11.5 Å². The first-order valence-corrected chi connectivity index (χ1v) is 6.71. The summed E-state index contributed by atoms with van der Waals surface area (Å²) in [6.45, 7) is 0. The zero-order valence-electron chi connectivity index (χ0n) is 7.40. The molecule has 0 N–H and O–H groups in total. The lowest BCUT2D eigenvalue weighted by Crippen LogP contribution is -1.97. The molecule has 2 rings (SSSR count). The van der Waals surface area contributed by atoms with Crippen LogP contribution in [0.3, 0.4) is 0 Å². The van der Waals surface area contributed by atoms with Gasteiger partial charge < -0.3 is 0 Å². The van der Waals surface area contributed by atoms with E-state index in [1.54, 1.807) is 24.3 Å². The summed E-state index contributed by atoms with van der Waals surface area (Å²) in [5.74, 6) is 2.15. The summed E-state index contributed by atoms with van der Waals surface area (Å²) >= 11 is 9.05. The maximum Gasteiger partial charge on any atom is 0.219 e. The molecule has 1 heterocycles. The van der Waals surface area contributed by atoms with Crippen molar-refractivity contribution in [2.45, 2.75) is 5.25 Å². The standard InChI is InChI=1S/C10H9ClOS2/c11-8-3-1-7(2-4-8)10(12)14-6-9-5-13-9/h1-4,9H,5-6H2. The van der Waals surface area contributed by atoms with Crippen LogP contribution in [0.2, 0.25) is 5.02 Å². The van der Waals surface area contributed by atoms with E-state index in [9.17, 15) is 4.79 Å². The smallest absolute Gasteiger partial charge is 0.219 e. The van der Waals surface area contributed by atoms with E-state index in [4.69, 9.17) is 11.6 Å². The molecule has 1 unspecified atom stereocenters. The van der Waals surface area contributed by atoms with Gasteiger partial charge >= 0.3 is 0 Å². The molecule has 1 atom stereocenters. The third-order valence-electron chi connectivity index (χ3n) is 1.88. The predicted octanol–water partition coefficient (Wildman–Crippen LogP) is 3.33. The molecule has 74 valence electrons. The third-order valence-corrected chi connectivity index (χ3v) is 4.38. The van der Waals surface area contributed by atoms with Gasteiger partial charge in [-0.05, 0) is 24.3 Å². The molecule has 14 heavy (non-hydrogen) atoms. The van der Waals surface area contributed by atoms with Gasteiger partial charge in [-0.3, -0.25) is 4.79 Å². The van der Waals surface area contributed by atoms with Crippen LogP contribution in [0, 0.1) is 0 Å². The Morgan fingerprint density at radius 3 is 2.71 bits per heavy atom. The Bertz CT molecular complexity index is 332. The van der Waals surface area contributed by atoms with E-state index in [1.807, 2.05) is 11.8 Å². The van der Waals surface area contributed by atoms with Crippen LogP contribution >= 0.6 is 35.1 Å². The first-order chi connectivity index (χ1) is 6.75. The Kier molecular flexibility index (Phi) is 3.42. The van der Waals surface area contributed by atoms with Crippen molar-refractivity contribution >= 4 is 40.2 Å². The van der Waals surface area contributed by atoms with E-state index in [1.165, 1.54) is 17.5 Å². The quantitative estimate of drug-likeness (QED) is 0.760. The van der Waals surface area contributed by atoms with Gasteiger partial charge in [0.05, 0.1) is 0 Å². The molecule has 0 amide bonds. The molecule has 0 radical (unpaired) electrons. The number of hydrogen-bond acceptors (Lipinski definition) is 3. The highest BCUT2D eigenvalue weighted by Crippen LogP contribution is 2.33. The van der Waals surface area contributed by atoms with Crippen LogP contribution in [-0.4, -0.2) is 21.9 Å². The maximum absolute atomic E-state index is 11.6. The Balaban J connectivity index is 1.92. The highest BCUT2D eigenvalue weighted by Gasteiger charge is 2.23. The monoisotopic (exact) mass is 244 g/mol. The zero-order valence-corrected chi connectivity index (χ0v) is 9.79. The number of benzene rings is 1. The second kappa shape index (κ2) is 4.60. The summed E-state index contributed by atoms with van der Waals surface area (Å²) in [6.07, 6.45) is 0. The molecule has 1 aromatic rings. The van der Waals surface area contributed by atoms with Crippen molar-refractivity contribution in [2.24, 2.45) is 0 Å². The highest BCUT2D eigenvalue weighted by atomic mass is 35.5. The minimum absolute atomic E-state index is 0.147. The largest absolute Gasteiger partial charge is 0.282 e. The van der Waals surface area contributed by atoms with Crippen LogP contribution in [0.4, 0.5) is 0 Å². The van der Waals surface area contributed by atoms with Gasteiger partial charge in [0.1, 0.15) is 0 Å². The highest BCUT2D eigenvalue weighted by molar-refractivity contribution is 8.15. The number of hydrogen-bond donors (Lipinski definition) is 0. The second-order valence-electron chi connectivity index (χ2n) is 3.06. The third kappa shape index (κ3) is 2.94. The molecule has 0 aliphatic carbocycles. The van der Waals surface area contributed by atoms with Crippen LogP contribution in [0.5, 0.6) is 0 Å². The second-order valence-corrected chi connectivity index (χ2v) is 5.82. The fraction of sp³-hybridized carbons (Fsp3) is 0.300. The first-order valence-electron chi connectivity index (χ1n) is 4.30. The lowest BCUT2D eigenvalue weighted by molar-refractivity contribution is 0.108. The fourth-order valence-electron chi connectivity index (χ4n) is 1.00. The van der Waals surface area contributed by atoms with E-state index in [2.05, 4.69) is 0 Å². The van der Waals surface area contributed by atoms with Crippen molar-refractivity contribution in [1.29, 1.82) is 0 Å². The molecule has 0 spiro atoms. The van der Waals surface area contributed by atoms with Gasteiger partial charge in [0.25, 0.3) is 0 Å². The Hall–Kier alpha value is -0.120. The molecule has 0 saturated carbocycles. The molecular formula is C10H9ClOS2. The van der Waals surface area contributed by atoms with E-state index >= 15 is 0 Å². The fourth-order valence-corrected chi connectivity index (χ4v) is 2.88. The Morgan fingerprint density at radius 1 is 1.50 bits per heavy atom. The Morgan fingerprint density at radius 2 is 2.14 bits per heavy atom. The van der Waals surface area contributed by atoms with Gasteiger partial charge in [-0.25, -0.2) is 0 Å². The average Bonchev–Trinajstić information content (AvgIpc) is 2.99. The summed E-state index contributed by atoms with van der Waals surface area (Å²) in [7, 11) is 0. The lowest BCUT2D eigenvalue weighted by atomic mass is 10.2. The van der Waals surface area contributed by atoms with Crippen LogP contribution < -0.4 is 0 Å². The van der Waals surface area contributed by atoms with E-state index in [0.717, 1.165) is 11.3 Å². The van der Waals surface area contributed by atoms with Gasteiger partial charge in [-0.1, -0.05) is 23.4 Å². The summed E-state index contributed by atoms with van der Waals surface area (Å²) in [5, 5.41) is 1.52. The average molecular weight is 245 g/mol. The van der Waals surface area contributed by atoms with E-state index in [0.29, 0.717) is 10.3 Å². The zero-order chi connectivity index (χ0) is 9.97. The van der Waals surface area contributed by atoms with Crippen molar-refractivity contribution in [3.05, 3.63) is 34.9 Å². The van der Waals surface area contributed by atoms with Crippen LogP contribution in [0.1, 0.15) is 10.4 Å². The van der Waals surface area contributed by atoms with Gasteiger partial charge in [-0.15, -0.1) is 0 Å². The molecule has 1 saturated heterocycles. The molecule has 0 bridgehead atoms. The summed E-state index contributed by atoms with van der Waals surface area (Å²) in [6, 6.07) is 7.05. The van der Waals surface area contributed by atoms with Crippen LogP contribution in [0.15, 0.2) is 24.3 Å². The molecule has 0 aromatic heterocycles. The van der Waals surface area contributed by atoms with Crippen molar-refractivity contribution in [1.82, 2.24) is 0 Å². The number of carbonyl (C=O) groups is 1.